The van der Waals surface area contributed by atoms with E-state index in [0.29, 0.717) is 6.54 Å². The maximum absolute atomic E-state index is 13.4. The molecule has 0 aliphatic rings. The van der Waals surface area contributed by atoms with Crippen molar-refractivity contribution in [1.82, 2.24) is 4.57 Å². The molecule has 3 rings (SSSR count). The Balaban J connectivity index is 2.07. The molecule has 0 saturated carbocycles. The molecule has 0 saturated heterocycles. The number of aromatic nitrogens is 1. The van der Waals surface area contributed by atoms with Crippen molar-refractivity contribution < 1.29 is 4.39 Å². The van der Waals surface area contributed by atoms with Crippen LogP contribution < -0.4 is 0 Å². The minimum atomic E-state index is -0.378. The van der Waals surface area contributed by atoms with Gasteiger partial charge in [-0.15, -0.1) is 0 Å². The van der Waals surface area contributed by atoms with Gasteiger partial charge in [0.15, 0.2) is 0 Å². The van der Waals surface area contributed by atoms with Crippen LogP contribution in [0.25, 0.3) is 10.9 Å². The zero-order chi connectivity index (χ0) is 13.4. The molecule has 0 bridgehead atoms. The first-order valence-corrected chi connectivity index (χ1v) is 7.00. The molecular formula is C15H10BrClFN. The molecule has 0 unspecified atom stereocenters. The van der Waals surface area contributed by atoms with Crippen molar-refractivity contribution >= 4 is 38.4 Å². The summed E-state index contributed by atoms with van der Waals surface area (Å²) in [5.41, 5.74) is 1.87. The van der Waals surface area contributed by atoms with Crippen LogP contribution in [0.5, 0.6) is 0 Å². The van der Waals surface area contributed by atoms with E-state index < -0.39 is 0 Å². The average molecular weight is 339 g/mol. The standard InChI is InChI=1S/C15H10BrClFN/c16-12-4-2-6-14-11(12)7-8-19(14)9-10-3-1-5-13(18)15(10)17/h1-8H,9H2. The summed E-state index contributed by atoms with van der Waals surface area (Å²) in [5, 5.41) is 1.33. The second-order valence-corrected chi connectivity index (χ2v) is 5.56. The van der Waals surface area contributed by atoms with E-state index in [1.54, 1.807) is 6.07 Å². The molecule has 4 heteroatoms. The van der Waals surface area contributed by atoms with E-state index in [4.69, 9.17) is 11.6 Å². The Morgan fingerprint density at radius 2 is 1.89 bits per heavy atom. The first-order valence-electron chi connectivity index (χ1n) is 5.83. The van der Waals surface area contributed by atoms with Crippen LogP contribution >= 0.6 is 27.5 Å². The Bertz CT molecular complexity index is 751. The maximum Gasteiger partial charge on any atom is 0.142 e. The minimum absolute atomic E-state index is 0.194. The SMILES string of the molecule is Fc1cccc(Cn2ccc3c(Br)cccc32)c1Cl. The molecule has 19 heavy (non-hydrogen) atoms. The Labute approximate surface area is 123 Å². The molecule has 2 aromatic carbocycles. The van der Waals surface area contributed by atoms with Crippen molar-refractivity contribution in [2.45, 2.75) is 6.54 Å². The Kier molecular flexibility index (Phi) is 3.33. The Morgan fingerprint density at radius 3 is 2.74 bits per heavy atom. The summed E-state index contributed by atoms with van der Waals surface area (Å²) in [4.78, 5) is 0. The van der Waals surface area contributed by atoms with Crippen LogP contribution in [-0.2, 0) is 6.54 Å². The molecule has 0 aliphatic heterocycles. The fraction of sp³-hybridized carbons (Fsp3) is 0.0667. The van der Waals surface area contributed by atoms with Crippen LogP contribution in [0.15, 0.2) is 53.1 Å². The van der Waals surface area contributed by atoms with Gasteiger partial charge in [0.2, 0.25) is 0 Å². The second-order valence-electron chi connectivity index (χ2n) is 4.33. The quantitative estimate of drug-likeness (QED) is 0.602. The molecule has 1 aromatic heterocycles. The van der Waals surface area contributed by atoms with Gasteiger partial charge in [-0.05, 0) is 29.8 Å². The van der Waals surface area contributed by atoms with E-state index in [1.165, 1.54) is 6.07 Å². The van der Waals surface area contributed by atoms with E-state index in [-0.39, 0.29) is 10.8 Å². The van der Waals surface area contributed by atoms with Gasteiger partial charge < -0.3 is 4.57 Å². The van der Waals surface area contributed by atoms with Gasteiger partial charge in [0.1, 0.15) is 5.82 Å². The molecule has 0 fully saturated rings. The molecular weight excluding hydrogens is 329 g/mol. The van der Waals surface area contributed by atoms with Gasteiger partial charge in [0.05, 0.1) is 5.02 Å². The summed E-state index contributed by atoms with van der Waals surface area (Å²) in [7, 11) is 0. The van der Waals surface area contributed by atoms with Gasteiger partial charge in [-0.25, -0.2) is 4.39 Å². The third-order valence-electron chi connectivity index (χ3n) is 3.13. The number of halogens is 3. The first-order chi connectivity index (χ1) is 9.16. The second kappa shape index (κ2) is 4.99. The summed E-state index contributed by atoms with van der Waals surface area (Å²) in [6.45, 7) is 0.552. The van der Waals surface area contributed by atoms with Crippen LogP contribution in [0, 0.1) is 5.82 Å². The van der Waals surface area contributed by atoms with Crippen LogP contribution in [-0.4, -0.2) is 4.57 Å². The molecule has 3 aromatic rings. The van der Waals surface area contributed by atoms with Gasteiger partial charge in [0.25, 0.3) is 0 Å². The van der Waals surface area contributed by atoms with Crippen molar-refractivity contribution in [3.05, 3.63) is 69.5 Å². The largest absolute Gasteiger partial charge is 0.343 e. The monoisotopic (exact) mass is 337 g/mol. The lowest BCUT2D eigenvalue weighted by Crippen LogP contribution is -1.99. The molecule has 1 heterocycles. The van der Waals surface area contributed by atoms with Crippen molar-refractivity contribution in [2.24, 2.45) is 0 Å². The molecule has 96 valence electrons. The molecule has 1 nitrogen and oxygen atoms in total. The van der Waals surface area contributed by atoms with Crippen molar-refractivity contribution in [3.63, 3.8) is 0 Å². The van der Waals surface area contributed by atoms with Gasteiger partial charge in [-0.1, -0.05) is 45.7 Å². The Morgan fingerprint density at radius 1 is 1.11 bits per heavy atom. The molecule has 0 spiro atoms. The van der Waals surface area contributed by atoms with Crippen LogP contribution in [0.4, 0.5) is 4.39 Å². The average Bonchev–Trinajstić information content (AvgIpc) is 2.80. The lowest BCUT2D eigenvalue weighted by Gasteiger charge is -2.08. The van der Waals surface area contributed by atoms with E-state index in [2.05, 4.69) is 20.5 Å². The van der Waals surface area contributed by atoms with E-state index in [9.17, 15) is 4.39 Å². The van der Waals surface area contributed by atoms with Crippen molar-refractivity contribution in [2.75, 3.05) is 0 Å². The van der Waals surface area contributed by atoms with Gasteiger partial charge in [0, 0.05) is 28.1 Å². The predicted molar refractivity (Wildman–Crippen MR) is 80.2 cm³/mol. The normalized spacial score (nSPS) is 11.1. The van der Waals surface area contributed by atoms with E-state index >= 15 is 0 Å². The summed E-state index contributed by atoms with van der Waals surface area (Å²) in [6, 6.07) is 12.9. The lowest BCUT2D eigenvalue weighted by molar-refractivity contribution is 0.624. The van der Waals surface area contributed by atoms with Crippen LogP contribution in [0.1, 0.15) is 5.56 Å². The lowest BCUT2D eigenvalue weighted by atomic mass is 10.2. The molecule has 0 N–H and O–H groups in total. The van der Waals surface area contributed by atoms with E-state index in [0.717, 1.165) is 20.9 Å². The predicted octanol–water partition coefficient (Wildman–Crippen LogP) is 5.24. The number of rotatable bonds is 2. The number of nitrogens with zero attached hydrogens (tertiary/aromatic N) is 1. The third-order valence-corrected chi connectivity index (χ3v) is 4.25. The summed E-state index contributed by atoms with van der Waals surface area (Å²) >= 11 is 9.52. The summed E-state index contributed by atoms with van der Waals surface area (Å²) in [5.74, 6) is -0.378. The minimum Gasteiger partial charge on any atom is -0.343 e. The Hall–Kier alpha value is -1.32. The maximum atomic E-state index is 13.4. The highest BCUT2D eigenvalue weighted by atomic mass is 79.9. The number of benzene rings is 2. The van der Waals surface area contributed by atoms with Crippen molar-refractivity contribution in [1.29, 1.82) is 0 Å². The van der Waals surface area contributed by atoms with Gasteiger partial charge >= 0.3 is 0 Å². The topological polar surface area (TPSA) is 4.93 Å². The molecule has 0 aliphatic carbocycles. The van der Waals surface area contributed by atoms with Gasteiger partial charge in [-0.3, -0.25) is 0 Å². The highest BCUT2D eigenvalue weighted by Crippen LogP contribution is 2.27. The highest BCUT2D eigenvalue weighted by molar-refractivity contribution is 9.10. The van der Waals surface area contributed by atoms with Crippen molar-refractivity contribution in [3.8, 4) is 0 Å². The zero-order valence-electron chi connectivity index (χ0n) is 9.91. The zero-order valence-corrected chi connectivity index (χ0v) is 12.2. The fourth-order valence-electron chi connectivity index (χ4n) is 2.18. The molecule has 0 amide bonds. The van der Waals surface area contributed by atoms with Crippen LogP contribution in [0.2, 0.25) is 5.02 Å². The molecule has 0 radical (unpaired) electrons. The fourth-order valence-corrected chi connectivity index (χ4v) is 2.85. The summed E-state index contributed by atoms with van der Waals surface area (Å²) < 4.78 is 16.5. The highest BCUT2D eigenvalue weighted by Gasteiger charge is 2.08. The molecule has 0 atom stereocenters. The van der Waals surface area contributed by atoms with E-state index in [1.807, 2.05) is 36.5 Å². The summed E-state index contributed by atoms with van der Waals surface area (Å²) in [6.07, 6.45) is 1.98. The smallest absolute Gasteiger partial charge is 0.142 e. The number of hydrogen-bond acceptors (Lipinski definition) is 0. The third kappa shape index (κ3) is 2.28. The first kappa shape index (κ1) is 12.7. The number of fused-ring (bicyclic) bond motifs is 1. The van der Waals surface area contributed by atoms with Gasteiger partial charge in [-0.2, -0.15) is 0 Å². The van der Waals surface area contributed by atoms with Crippen LogP contribution in [0.3, 0.4) is 0 Å². The number of hydrogen-bond donors (Lipinski definition) is 0.